The smallest absolute Gasteiger partial charge is 0.224 e. The molecule has 4 rings (SSSR count). The van der Waals surface area contributed by atoms with Crippen molar-refractivity contribution in [2.45, 2.75) is 24.5 Å². The fourth-order valence-electron chi connectivity index (χ4n) is 3.12. The van der Waals surface area contributed by atoms with Crippen LogP contribution in [0.25, 0.3) is 11.3 Å². The van der Waals surface area contributed by atoms with E-state index in [1.807, 2.05) is 48.5 Å². The normalized spacial score (nSPS) is 12.6. The van der Waals surface area contributed by atoms with Gasteiger partial charge in [0.1, 0.15) is 5.75 Å². The molecule has 0 radical (unpaired) electrons. The number of para-hydroxylation sites is 1. The summed E-state index contributed by atoms with van der Waals surface area (Å²) in [7, 11) is 1.65. The number of hydrogen-bond donors (Lipinski definition) is 1. The summed E-state index contributed by atoms with van der Waals surface area (Å²) in [4.78, 5) is 17.2. The molecule has 3 aromatic rings. The van der Waals surface area contributed by atoms with Crippen molar-refractivity contribution in [2.75, 3.05) is 18.2 Å². The van der Waals surface area contributed by atoms with Gasteiger partial charge in [-0.05, 0) is 30.2 Å². The van der Waals surface area contributed by atoms with Crippen LogP contribution in [0, 0.1) is 0 Å². The molecule has 0 saturated carbocycles. The van der Waals surface area contributed by atoms with E-state index in [0.29, 0.717) is 12.8 Å². The zero-order valence-electron chi connectivity index (χ0n) is 15.1. The number of aromatic nitrogens is 2. The number of imidazole rings is 1. The number of carbonyl (C=O) groups is 1. The van der Waals surface area contributed by atoms with Crippen LogP contribution in [0.1, 0.15) is 12.0 Å². The first-order chi connectivity index (χ1) is 13.2. The van der Waals surface area contributed by atoms with Gasteiger partial charge < -0.3 is 14.6 Å². The van der Waals surface area contributed by atoms with Gasteiger partial charge in [0, 0.05) is 30.5 Å². The number of methoxy groups -OCH3 is 1. The van der Waals surface area contributed by atoms with E-state index in [2.05, 4.69) is 16.1 Å². The third kappa shape index (κ3) is 4.01. The molecule has 0 atom stereocenters. The summed E-state index contributed by atoms with van der Waals surface area (Å²) in [6.45, 7) is 0.989. The van der Waals surface area contributed by atoms with Crippen LogP contribution >= 0.6 is 11.8 Å². The number of aryl methyl sites for hydroxylation is 2. The number of nitrogens with zero attached hydrogens (tertiary/aromatic N) is 2. The molecule has 0 spiro atoms. The molecule has 0 aliphatic carbocycles. The fourth-order valence-corrected chi connectivity index (χ4v) is 4.06. The lowest BCUT2D eigenvalue weighted by Crippen LogP contribution is -2.13. The third-order valence-corrected chi connectivity index (χ3v) is 5.55. The number of nitrogens with one attached hydrogen (secondary N) is 1. The van der Waals surface area contributed by atoms with Gasteiger partial charge in [-0.1, -0.05) is 42.1 Å². The third-order valence-electron chi connectivity index (χ3n) is 4.58. The van der Waals surface area contributed by atoms with E-state index < -0.39 is 0 Å². The van der Waals surface area contributed by atoms with Crippen molar-refractivity contribution in [3.8, 4) is 17.0 Å². The lowest BCUT2D eigenvalue weighted by Gasteiger charge is -2.10. The van der Waals surface area contributed by atoms with Crippen LogP contribution in [-0.4, -0.2) is 28.3 Å². The highest BCUT2D eigenvalue weighted by Crippen LogP contribution is 2.32. The van der Waals surface area contributed by atoms with Crippen LogP contribution in [0.4, 0.5) is 5.69 Å². The van der Waals surface area contributed by atoms with Crippen molar-refractivity contribution < 1.29 is 9.53 Å². The standard InChI is InChI=1S/C21H21N3O2S/c1-26-16-9-6-15(7-10-16)8-11-20(25)22-18-5-3-2-4-17(18)19-14-24-12-13-27-21(24)23-19/h2-7,9-10,14H,8,11-13H2,1H3,(H,22,25). The van der Waals surface area contributed by atoms with Gasteiger partial charge in [-0.15, -0.1) is 0 Å². The fraction of sp³-hybridized carbons (Fsp3) is 0.238. The van der Waals surface area contributed by atoms with Crippen LogP contribution < -0.4 is 10.1 Å². The molecule has 1 amide bonds. The number of rotatable bonds is 6. The number of carbonyl (C=O) groups excluding carboxylic acids is 1. The predicted molar refractivity (Wildman–Crippen MR) is 108 cm³/mol. The van der Waals surface area contributed by atoms with Gasteiger partial charge >= 0.3 is 0 Å². The molecule has 138 valence electrons. The summed E-state index contributed by atoms with van der Waals surface area (Å²) < 4.78 is 7.33. The highest BCUT2D eigenvalue weighted by atomic mass is 32.2. The second kappa shape index (κ2) is 7.88. The number of benzene rings is 2. The minimum atomic E-state index is -0.000562. The number of fused-ring (bicyclic) bond motifs is 1. The van der Waals surface area contributed by atoms with Gasteiger partial charge in [-0.3, -0.25) is 4.79 Å². The van der Waals surface area contributed by atoms with Gasteiger partial charge in [0.15, 0.2) is 5.16 Å². The Bertz CT molecular complexity index is 929. The Kier molecular flexibility index (Phi) is 5.16. The molecule has 1 aliphatic rings. The topological polar surface area (TPSA) is 56.1 Å². The molecule has 2 heterocycles. The first-order valence-electron chi connectivity index (χ1n) is 8.95. The molecule has 1 aliphatic heterocycles. The Morgan fingerprint density at radius 1 is 1.22 bits per heavy atom. The van der Waals surface area contributed by atoms with E-state index in [9.17, 15) is 4.79 Å². The van der Waals surface area contributed by atoms with Crippen LogP contribution in [0.2, 0.25) is 0 Å². The van der Waals surface area contributed by atoms with Gasteiger partial charge in [0.05, 0.1) is 18.5 Å². The maximum atomic E-state index is 12.5. The quantitative estimate of drug-likeness (QED) is 0.696. The van der Waals surface area contributed by atoms with E-state index in [-0.39, 0.29) is 5.91 Å². The SMILES string of the molecule is COc1ccc(CCC(=O)Nc2ccccc2-c2cn3c(n2)SCC3)cc1. The monoisotopic (exact) mass is 379 g/mol. The maximum absolute atomic E-state index is 12.5. The van der Waals surface area contributed by atoms with Gasteiger partial charge in [0.2, 0.25) is 5.91 Å². The number of anilines is 1. The van der Waals surface area contributed by atoms with Gasteiger partial charge in [0.25, 0.3) is 0 Å². The van der Waals surface area contributed by atoms with E-state index in [4.69, 9.17) is 9.72 Å². The van der Waals surface area contributed by atoms with E-state index in [1.165, 1.54) is 0 Å². The first-order valence-corrected chi connectivity index (χ1v) is 9.93. The molecule has 2 aromatic carbocycles. The highest BCUT2D eigenvalue weighted by molar-refractivity contribution is 7.99. The number of thioether (sulfide) groups is 1. The minimum Gasteiger partial charge on any atom is -0.497 e. The molecule has 27 heavy (non-hydrogen) atoms. The minimum absolute atomic E-state index is 0.000562. The summed E-state index contributed by atoms with van der Waals surface area (Å²) in [6, 6.07) is 15.6. The number of amides is 1. The van der Waals surface area contributed by atoms with Crippen molar-refractivity contribution in [1.29, 1.82) is 0 Å². The van der Waals surface area contributed by atoms with Gasteiger partial charge in [-0.2, -0.15) is 0 Å². The second-order valence-electron chi connectivity index (χ2n) is 6.39. The molecule has 0 bridgehead atoms. The molecule has 1 aromatic heterocycles. The largest absolute Gasteiger partial charge is 0.497 e. The zero-order chi connectivity index (χ0) is 18.6. The van der Waals surface area contributed by atoms with Crippen LogP contribution in [0.3, 0.4) is 0 Å². The highest BCUT2D eigenvalue weighted by Gasteiger charge is 2.17. The Morgan fingerprint density at radius 2 is 2.04 bits per heavy atom. The first kappa shape index (κ1) is 17.7. The Hall–Kier alpha value is -2.73. The molecular formula is C21H21N3O2S. The molecule has 5 nitrogen and oxygen atoms in total. The summed E-state index contributed by atoms with van der Waals surface area (Å²) in [5, 5.41) is 4.09. The van der Waals surface area contributed by atoms with E-state index in [0.717, 1.165) is 45.7 Å². The predicted octanol–water partition coefficient (Wildman–Crippen LogP) is 4.24. The lowest BCUT2D eigenvalue weighted by molar-refractivity contribution is -0.116. The van der Waals surface area contributed by atoms with Crippen molar-refractivity contribution in [2.24, 2.45) is 0 Å². The van der Waals surface area contributed by atoms with Crippen molar-refractivity contribution >= 4 is 23.4 Å². The Labute approximate surface area is 162 Å². The van der Waals surface area contributed by atoms with Crippen molar-refractivity contribution in [3.63, 3.8) is 0 Å². The Balaban J connectivity index is 1.43. The number of ether oxygens (including phenoxy) is 1. The average molecular weight is 379 g/mol. The molecule has 0 fully saturated rings. The van der Waals surface area contributed by atoms with Crippen molar-refractivity contribution in [3.05, 3.63) is 60.3 Å². The number of hydrogen-bond acceptors (Lipinski definition) is 4. The summed E-state index contributed by atoms with van der Waals surface area (Å²) in [5.41, 5.74) is 3.78. The summed E-state index contributed by atoms with van der Waals surface area (Å²) in [6.07, 6.45) is 3.18. The Morgan fingerprint density at radius 3 is 2.81 bits per heavy atom. The molecule has 0 unspecified atom stereocenters. The molecule has 6 heteroatoms. The summed E-state index contributed by atoms with van der Waals surface area (Å²) in [5.74, 6) is 1.90. The van der Waals surface area contributed by atoms with Crippen LogP contribution in [0.5, 0.6) is 5.75 Å². The van der Waals surface area contributed by atoms with Crippen LogP contribution in [0.15, 0.2) is 59.9 Å². The lowest BCUT2D eigenvalue weighted by atomic mass is 10.1. The summed E-state index contributed by atoms with van der Waals surface area (Å²) >= 11 is 1.77. The van der Waals surface area contributed by atoms with Gasteiger partial charge in [-0.25, -0.2) is 4.98 Å². The molecule has 0 saturated heterocycles. The average Bonchev–Trinajstić information content (AvgIpc) is 3.29. The zero-order valence-corrected chi connectivity index (χ0v) is 16.0. The van der Waals surface area contributed by atoms with E-state index >= 15 is 0 Å². The maximum Gasteiger partial charge on any atom is 0.224 e. The van der Waals surface area contributed by atoms with E-state index in [1.54, 1.807) is 18.9 Å². The second-order valence-corrected chi connectivity index (χ2v) is 7.45. The molecular weight excluding hydrogens is 358 g/mol. The van der Waals surface area contributed by atoms with Crippen molar-refractivity contribution in [1.82, 2.24) is 9.55 Å². The molecule has 1 N–H and O–H groups in total. The van der Waals surface area contributed by atoms with Crippen LogP contribution in [-0.2, 0) is 17.8 Å².